The van der Waals surface area contributed by atoms with Crippen LogP contribution in [0.25, 0.3) is 0 Å². The fraction of sp³-hybridized carbons (Fsp3) is 0.529. The van der Waals surface area contributed by atoms with Crippen molar-refractivity contribution < 1.29 is 33.5 Å². The fourth-order valence-electron chi connectivity index (χ4n) is 3.07. The minimum atomic E-state index is -0.971. The van der Waals surface area contributed by atoms with Gasteiger partial charge in [-0.3, -0.25) is 14.9 Å². The van der Waals surface area contributed by atoms with Crippen LogP contribution in [-0.2, 0) is 14.3 Å². The zero-order chi connectivity index (χ0) is 19.6. The van der Waals surface area contributed by atoms with Gasteiger partial charge in [-0.05, 0) is 13.8 Å². The Morgan fingerprint density at radius 3 is 2.37 bits per heavy atom. The highest BCUT2D eigenvalue weighted by atomic mass is 16.6. The Hall–Kier alpha value is -2.88. The zero-order valence-electron chi connectivity index (χ0n) is 15.0. The SMILES string of the molecule is C[C@@H]1CN(C(=O)COC(=O)c2cc3c(cc2[N+](=O)[O-])OCCO3)C[C@@H](C)O1. The van der Waals surface area contributed by atoms with Gasteiger partial charge in [0.05, 0.1) is 23.2 Å². The van der Waals surface area contributed by atoms with Gasteiger partial charge in [0.25, 0.3) is 11.6 Å². The maximum Gasteiger partial charge on any atom is 0.345 e. The predicted octanol–water partition coefficient (Wildman–Crippen LogP) is 1.16. The molecule has 0 radical (unpaired) electrons. The Balaban J connectivity index is 1.70. The third kappa shape index (κ3) is 4.27. The van der Waals surface area contributed by atoms with Crippen LogP contribution < -0.4 is 9.47 Å². The topological polar surface area (TPSA) is 117 Å². The van der Waals surface area contributed by atoms with Gasteiger partial charge in [0.2, 0.25) is 0 Å². The second-order valence-corrected chi connectivity index (χ2v) is 6.40. The van der Waals surface area contributed by atoms with Gasteiger partial charge in [-0.25, -0.2) is 4.79 Å². The molecule has 2 heterocycles. The first-order valence-electron chi connectivity index (χ1n) is 8.53. The van der Waals surface area contributed by atoms with Crippen LogP contribution in [0.1, 0.15) is 24.2 Å². The third-order valence-electron chi connectivity index (χ3n) is 4.18. The Kier molecular flexibility index (Phi) is 5.45. The van der Waals surface area contributed by atoms with Crippen molar-refractivity contribution in [1.29, 1.82) is 0 Å². The van der Waals surface area contributed by atoms with Crippen molar-refractivity contribution in [3.8, 4) is 11.5 Å². The Labute approximate surface area is 155 Å². The van der Waals surface area contributed by atoms with Gasteiger partial charge in [0, 0.05) is 19.2 Å². The molecular weight excluding hydrogens is 360 g/mol. The molecule has 0 aromatic heterocycles. The molecule has 2 aliphatic rings. The van der Waals surface area contributed by atoms with Gasteiger partial charge in [-0.1, -0.05) is 0 Å². The number of amides is 1. The largest absolute Gasteiger partial charge is 0.486 e. The lowest BCUT2D eigenvalue weighted by molar-refractivity contribution is -0.385. The van der Waals surface area contributed by atoms with Gasteiger partial charge in [-0.15, -0.1) is 0 Å². The highest BCUT2D eigenvalue weighted by Crippen LogP contribution is 2.36. The van der Waals surface area contributed by atoms with Crippen molar-refractivity contribution in [2.75, 3.05) is 32.9 Å². The number of morpholine rings is 1. The maximum atomic E-state index is 12.4. The number of carbonyl (C=O) groups is 2. The van der Waals surface area contributed by atoms with Crippen molar-refractivity contribution >= 4 is 17.6 Å². The minimum Gasteiger partial charge on any atom is -0.486 e. The van der Waals surface area contributed by atoms with Crippen LogP contribution in [0.15, 0.2) is 12.1 Å². The molecule has 0 saturated carbocycles. The number of nitrogens with zero attached hydrogens (tertiary/aromatic N) is 2. The quantitative estimate of drug-likeness (QED) is 0.434. The summed E-state index contributed by atoms with van der Waals surface area (Å²) in [7, 11) is 0. The number of hydrogen-bond acceptors (Lipinski definition) is 8. The molecule has 0 unspecified atom stereocenters. The maximum absolute atomic E-state index is 12.4. The molecule has 0 aliphatic carbocycles. The van der Waals surface area contributed by atoms with Crippen molar-refractivity contribution in [2.24, 2.45) is 0 Å². The number of nitro groups is 1. The van der Waals surface area contributed by atoms with E-state index >= 15 is 0 Å². The molecule has 1 saturated heterocycles. The Morgan fingerprint density at radius 1 is 1.19 bits per heavy atom. The van der Waals surface area contributed by atoms with Gasteiger partial charge >= 0.3 is 5.97 Å². The number of esters is 1. The second kappa shape index (κ2) is 7.78. The van der Waals surface area contributed by atoms with Gasteiger partial charge in [0.15, 0.2) is 18.1 Å². The predicted molar refractivity (Wildman–Crippen MR) is 91.0 cm³/mol. The molecule has 1 aromatic carbocycles. The highest BCUT2D eigenvalue weighted by molar-refractivity contribution is 5.96. The second-order valence-electron chi connectivity index (χ2n) is 6.40. The van der Waals surface area contributed by atoms with E-state index in [1.807, 2.05) is 13.8 Å². The molecule has 1 amide bonds. The van der Waals surface area contributed by atoms with Crippen LogP contribution >= 0.6 is 0 Å². The summed E-state index contributed by atoms with van der Waals surface area (Å²) in [6.07, 6.45) is -0.237. The summed E-state index contributed by atoms with van der Waals surface area (Å²) in [6.45, 7) is 4.50. The summed E-state index contributed by atoms with van der Waals surface area (Å²) in [4.78, 5) is 36.8. The average Bonchev–Trinajstić information content (AvgIpc) is 2.63. The number of nitro benzene ring substituents is 1. The first-order chi connectivity index (χ1) is 12.8. The molecule has 2 aliphatic heterocycles. The number of rotatable bonds is 4. The minimum absolute atomic E-state index is 0.118. The lowest BCUT2D eigenvalue weighted by Gasteiger charge is -2.35. The van der Waals surface area contributed by atoms with E-state index in [1.54, 1.807) is 4.90 Å². The van der Waals surface area contributed by atoms with E-state index in [-0.39, 0.29) is 48.4 Å². The van der Waals surface area contributed by atoms with E-state index in [4.69, 9.17) is 18.9 Å². The molecule has 10 heteroatoms. The lowest BCUT2D eigenvalue weighted by Crippen LogP contribution is -2.49. The molecule has 3 rings (SSSR count). The molecule has 1 aromatic rings. The summed E-state index contributed by atoms with van der Waals surface area (Å²) in [5.41, 5.74) is -0.758. The number of ether oxygens (including phenoxy) is 4. The van der Waals surface area contributed by atoms with Gasteiger partial charge in [-0.2, -0.15) is 0 Å². The van der Waals surface area contributed by atoms with E-state index < -0.39 is 23.2 Å². The van der Waals surface area contributed by atoms with Crippen LogP contribution in [0.3, 0.4) is 0 Å². The van der Waals surface area contributed by atoms with Crippen LogP contribution in [0.2, 0.25) is 0 Å². The van der Waals surface area contributed by atoms with Crippen LogP contribution in [0.5, 0.6) is 11.5 Å². The van der Waals surface area contributed by atoms with Crippen molar-refractivity contribution in [3.63, 3.8) is 0 Å². The normalized spacial score (nSPS) is 21.5. The first kappa shape index (κ1) is 18.9. The van der Waals surface area contributed by atoms with E-state index in [2.05, 4.69) is 0 Å². The summed E-state index contributed by atoms with van der Waals surface area (Å²) in [5, 5.41) is 11.3. The summed E-state index contributed by atoms with van der Waals surface area (Å²) in [6, 6.07) is 2.33. The zero-order valence-corrected chi connectivity index (χ0v) is 15.0. The van der Waals surface area contributed by atoms with Crippen LogP contribution in [0, 0.1) is 10.1 Å². The molecular formula is C17H20N2O8. The van der Waals surface area contributed by atoms with Crippen LogP contribution in [-0.4, -0.2) is 66.8 Å². The van der Waals surface area contributed by atoms with Gasteiger partial charge in [0.1, 0.15) is 18.8 Å². The highest BCUT2D eigenvalue weighted by Gasteiger charge is 2.30. The fourth-order valence-corrected chi connectivity index (χ4v) is 3.07. The molecule has 2 atom stereocenters. The average molecular weight is 380 g/mol. The number of fused-ring (bicyclic) bond motifs is 1. The molecule has 1 fully saturated rings. The monoisotopic (exact) mass is 380 g/mol. The first-order valence-corrected chi connectivity index (χ1v) is 8.53. The summed E-state index contributed by atoms with van der Waals surface area (Å²) in [5.74, 6) is -0.940. The Bertz CT molecular complexity index is 756. The van der Waals surface area contributed by atoms with E-state index in [0.717, 1.165) is 6.07 Å². The smallest absolute Gasteiger partial charge is 0.345 e. The number of benzene rings is 1. The summed E-state index contributed by atoms with van der Waals surface area (Å²) >= 11 is 0. The molecule has 0 bridgehead atoms. The molecule has 10 nitrogen and oxygen atoms in total. The molecule has 146 valence electrons. The molecule has 27 heavy (non-hydrogen) atoms. The number of carbonyl (C=O) groups excluding carboxylic acids is 2. The van der Waals surface area contributed by atoms with E-state index in [1.165, 1.54) is 6.07 Å². The molecule has 0 spiro atoms. The Morgan fingerprint density at radius 2 is 1.78 bits per heavy atom. The lowest BCUT2D eigenvalue weighted by atomic mass is 10.1. The standard InChI is InChI=1S/C17H20N2O8/c1-10-7-18(8-11(2)27-10)16(20)9-26-17(21)12-5-14-15(25-4-3-24-14)6-13(12)19(22)23/h5-6,10-11H,3-4,7-9H2,1-2H3/t10-,11-/m1/s1. The molecule has 0 N–H and O–H groups in total. The van der Waals surface area contributed by atoms with Crippen molar-refractivity contribution in [3.05, 3.63) is 27.8 Å². The van der Waals surface area contributed by atoms with Gasteiger partial charge < -0.3 is 23.8 Å². The van der Waals surface area contributed by atoms with Crippen molar-refractivity contribution in [1.82, 2.24) is 4.90 Å². The van der Waals surface area contributed by atoms with Crippen LogP contribution in [0.4, 0.5) is 5.69 Å². The van der Waals surface area contributed by atoms with Crippen molar-refractivity contribution in [2.45, 2.75) is 26.1 Å². The van der Waals surface area contributed by atoms with E-state index in [9.17, 15) is 19.7 Å². The number of hydrogen-bond donors (Lipinski definition) is 0. The van der Waals surface area contributed by atoms with E-state index in [0.29, 0.717) is 13.1 Å². The summed E-state index contributed by atoms with van der Waals surface area (Å²) < 4.78 is 21.2. The third-order valence-corrected chi connectivity index (χ3v) is 4.18.